The Morgan fingerprint density at radius 3 is 2.72 bits per heavy atom. The average molecular weight is 620 g/mol. The molecular weight excluding hydrogens is 592 g/mol. The van der Waals surface area contributed by atoms with E-state index in [0.29, 0.717) is 10.2 Å². The summed E-state index contributed by atoms with van der Waals surface area (Å²) in [5, 5.41) is 14.4. The van der Waals surface area contributed by atoms with Crippen molar-refractivity contribution in [3.05, 3.63) is 75.7 Å². The second kappa shape index (κ2) is 13.2. The summed E-state index contributed by atoms with van der Waals surface area (Å²) in [5.74, 6) is -2.29. The first-order valence-corrected chi connectivity index (χ1v) is 14.0. The van der Waals surface area contributed by atoms with E-state index in [2.05, 4.69) is 15.0 Å². The monoisotopic (exact) mass is 619 g/mol. The predicted molar refractivity (Wildman–Crippen MR) is 148 cm³/mol. The van der Waals surface area contributed by atoms with Crippen LogP contribution in [0, 0.1) is 0 Å². The van der Waals surface area contributed by atoms with Gasteiger partial charge in [0.15, 0.2) is 24.3 Å². The number of azide groups is 1. The number of benzene rings is 2. The van der Waals surface area contributed by atoms with Gasteiger partial charge in [0.2, 0.25) is 5.72 Å². The van der Waals surface area contributed by atoms with Crippen LogP contribution in [0.25, 0.3) is 21.2 Å². The van der Waals surface area contributed by atoms with Crippen LogP contribution in [0.4, 0.5) is 10.2 Å². The Labute approximate surface area is 243 Å². The lowest BCUT2D eigenvalue weighted by molar-refractivity contribution is -0.157. The van der Waals surface area contributed by atoms with E-state index in [1.165, 1.54) is 26.0 Å². The Bertz CT molecular complexity index is 1650. The molecule has 3 N–H and O–H groups in total. The van der Waals surface area contributed by atoms with Gasteiger partial charge >= 0.3 is 17.6 Å². The van der Waals surface area contributed by atoms with Crippen molar-refractivity contribution in [3.63, 3.8) is 0 Å². The van der Waals surface area contributed by atoms with Crippen molar-refractivity contribution in [2.24, 2.45) is 5.11 Å². The Morgan fingerprint density at radius 2 is 2.05 bits per heavy atom. The highest BCUT2D eigenvalue weighted by Crippen LogP contribution is 2.44. The van der Waals surface area contributed by atoms with E-state index in [0.717, 1.165) is 16.2 Å². The largest absolute Gasteiger partial charge is 0.480 e. The molecule has 43 heavy (non-hydrogen) atoms. The number of hydrogen-bond acceptors (Lipinski definition) is 11. The van der Waals surface area contributed by atoms with Crippen LogP contribution in [0.1, 0.15) is 26.5 Å². The molecule has 4 rings (SSSR count). The SMILES string of the molecule is CCC(=O)O[C@H]1[C@H](n2ccc(N)nc2=O)O[C@@](CO[PH](=O)N(Oc2cccc3ccccc23)C(C)C(=O)O)(N=[N+]=[N-])[C@H]1F. The molecule has 0 spiro atoms. The second-order valence-corrected chi connectivity index (χ2v) is 10.5. The number of carbonyl (C=O) groups is 2. The molecule has 2 unspecified atom stereocenters. The molecule has 6 atom stereocenters. The number of rotatable bonds is 12. The van der Waals surface area contributed by atoms with Crippen molar-refractivity contribution in [2.75, 3.05) is 12.3 Å². The highest BCUT2D eigenvalue weighted by Gasteiger charge is 2.59. The number of nitrogens with zero attached hydrogens (tertiary/aromatic N) is 6. The van der Waals surface area contributed by atoms with Crippen LogP contribution < -0.4 is 16.3 Å². The Balaban J connectivity index is 1.66. The maximum absolute atomic E-state index is 16.1. The van der Waals surface area contributed by atoms with E-state index in [1.807, 2.05) is 0 Å². The van der Waals surface area contributed by atoms with Crippen LogP contribution in [0.2, 0.25) is 0 Å². The number of esters is 1. The first kappa shape index (κ1) is 31.4. The molecule has 1 fully saturated rings. The Kier molecular flexibility index (Phi) is 9.63. The molecule has 0 saturated carbocycles. The van der Waals surface area contributed by atoms with Crippen LogP contribution >= 0.6 is 8.18 Å². The van der Waals surface area contributed by atoms with Crippen molar-refractivity contribution in [1.82, 2.24) is 14.4 Å². The van der Waals surface area contributed by atoms with Gasteiger partial charge in [-0.3, -0.25) is 18.7 Å². The van der Waals surface area contributed by atoms with E-state index in [9.17, 15) is 29.6 Å². The van der Waals surface area contributed by atoms with Crippen molar-refractivity contribution >= 4 is 36.7 Å². The topological polar surface area (TPSA) is 221 Å². The van der Waals surface area contributed by atoms with Gasteiger partial charge in [0, 0.05) is 22.9 Å². The number of anilines is 1. The van der Waals surface area contributed by atoms with Crippen LogP contribution in [-0.2, 0) is 28.2 Å². The molecule has 18 heteroatoms. The fraction of sp³-hybridized carbons (Fsp3) is 0.360. The van der Waals surface area contributed by atoms with Crippen LogP contribution in [0.15, 0.2) is 64.6 Å². The van der Waals surface area contributed by atoms with Gasteiger partial charge in [-0.15, -0.1) is 0 Å². The fourth-order valence-electron chi connectivity index (χ4n) is 4.21. The maximum atomic E-state index is 16.1. The number of hydrogen-bond donors (Lipinski definition) is 2. The zero-order chi connectivity index (χ0) is 31.3. The molecule has 228 valence electrons. The number of nitrogens with two attached hydrogens (primary N) is 1. The molecule has 0 radical (unpaired) electrons. The molecular formula is C25H27FN7O9P. The Morgan fingerprint density at radius 1 is 1.33 bits per heavy atom. The number of hydroxylamine groups is 1. The summed E-state index contributed by atoms with van der Waals surface area (Å²) in [5.41, 5.74) is 11.2. The number of carbonyl (C=O) groups excluding carboxylic acids is 1. The van der Waals surface area contributed by atoms with E-state index in [1.54, 1.807) is 36.4 Å². The first-order valence-electron chi connectivity index (χ1n) is 12.8. The second-order valence-electron chi connectivity index (χ2n) is 9.26. The summed E-state index contributed by atoms with van der Waals surface area (Å²) in [6, 6.07) is 11.6. The molecule has 0 aliphatic carbocycles. The number of nitrogen functional groups attached to an aromatic ring is 1. The Hall–Kier alpha value is -4.53. The van der Waals surface area contributed by atoms with Gasteiger partial charge < -0.3 is 29.7 Å². The lowest BCUT2D eigenvalue weighted by atomic mass is 10.1. The smallest absolute Gasteiger partial charge is 0.351 e. The zero-order valence-electron chi connectivity index (χ0n) is 22.8. The van der Waals surface area contributed by atoms with Crippen molar-refractivity contribution in [1.29, 1.82) is 0 Å². The fourth-order valence-corrected chi connectivity index (χ4v) is 5.27. The zero-order valence-corrected chi connectivity index (χ0v) is 23.8. The summed E-state index contributed by atoms with van der Waals surface area (Å²) in [4.78, 5) is 49.0. The molecule has 1 aliphatic rings. The summed E-state index contributed by atoms with van der Waals surface area (Å²) < 4.78 is 46.5. The molecule has 16 nitrogen and oxygen atoms in total. The van der Waals surface area contributed by atoms with Crippen LogP contribution in [-0.4, -0.2) is 62.1 Å². The number of halogens is 1. The van der Waals surface area contributed by atoms with Crippen molar-refractivity contribution in [2.45, 2.75) is 50.5 Å². The molecule has 2 heterocycles. The molecule has 0 amide bonds. The van der Waals surface area contributed by atoms with E-state index in [-0.39, 0.29) is 18.0 Å². The van der Waals surface area contributed by atoms with Gasteiger partial charge in [0.25, 0.3) is 8.18 Å². The van der Waals surface area contributed by atoms with Gasteiger partial charge in [-0.25, -0.2) is 9.18 Å². The maximum Gasteiger partial charge on any atom is 0.351 e. The van der Waals surface area contributed by atoms with E-state index >= 15 is 4.39 Å². The minimum Gasteiger partial charge on any atom is -0.480 e. The number of carboxylic acids is 1. The molecule has 0 bridgehead atoms. The number of fused-ring (bicyclic) bond motifs is 1. The standard InChI is InChI=1S/C25H27FN7O9P/c1-3-19(34)40-20-21(26)25(30-31-28,41-22(20)32-12-11-18(27)29-24(32)37)13-39-43(38)33(14(2)23(35)36)42-17-10-6-8-15-7-4-5-9-16(15)17/h4-12,14,20-22,43H,3,13H2,1-2H3,(H,35,36)(H2,27,29,37)/t14?,20-,21+,22-,25-/m1/s1. The number of carboxylic acid groups (broad SMARTS) is 1. The molecule has 2 aromatic carbocycles. The number of alkyl halides is 1. The van der Waals surface area contributed by atoms with Crippen molar-refractivity contribution in [3.8, 4) is 5.75 Å². The van der Waals surface area contributed by atoms with Crippen LogP contribution in [0.3, 0.4) is 0 Å². The number of ether oxygens (including phenoxy) is 2. The van der Waals surface area contributed by atoms with Crippen LogP contribution in [0.5, 0.6) is 5.75 Å². The molecule has 1 saturated heterocycles. The van der Waals surface area contributed by atoms with E-state index < -0.39 is 62.7 Å². The third kappa shape index (κ3) is 6.61. The summed E-state index contributed by atoms with van der Waals surface area (Å²) >= 11 is 0. The summed E-state index contributed by atoms with van der Waals surface area (Å²) in [6.45, 7) is 1.57. The number of aromatic nitrogens is 2. The quantitative estimate of drug-likeness (QED) is 0.0744. The molecule has 1 aliphatic heterocycles. The lowest BCUT2D eigenvalue weighted by Gasteiger charge is -2.29. The highest BCUT2D eigenvalue weighted by molar-refractivity contribution is 7.36. The molecule has 3 aromatic rings. The minimum atomic E-state index is -3.70. The van der Waals surface area contributed by atoms with Gasteiger partial charge in [-0.05, 0) is 30.0 Å². The first-order chi connectivity index (χ1) is 20.5. The van der Waals surface area contributed by atoms with Gasteiger partial charge in [-0.1, -0.05) is 53.3 Å². The van der Waals surface area contributed by atoms with E-state index in [4.69, 9.17) is 24.6 Å². The average Bonchev–Trinajstić information content (AvgIpc) is 3.24. The summed E-state index contributed by atoms with van der Waals surface area (Å²) in [6.07, 6.45) is -5.06. The third-order valence-corrected chi connectivity index (χ3v) is 7.69. The van der Waals surface area contributed by atoms with Gasteiger partial charge in [-0.2, -0.15) is 4.98 Å². The predicted octanol–water partition coefficient (Wildman–Crippen LogP) is 3.35. The highest BCUT2D eigenvalue weighted by atomic mass is 31.1. The van der Waals surface area contributed by atoms with Crippen molar-refractivity contribution < 1.29 is 42.5 Å². The lowest BCUT2D eigenvalue weighted by Crippen LogP contribution is -2.44. The van der Waals surface area contributed by atoms with Gasteiger partial charge in [0.05, 0.1) is 6.61 Å². The molecule has 1 aromatic heterocycles. The van der Waals surface area contributed by atoms with Gasteiger partial charge in [0.1, 0.15) is 11.9 Å². The third-order valence-electron chi connectivity index (χ3n) is 6.46. The normalized spacial score (nSPS) is 22.9. The number of aliphatic carboxylic acids is 1. The minimum absolute atomic E-state index is 0.153. The summed E-state index contributed by atoms with van der Waals surface area (Å²) in [7, 11) is -3.70.